The molecule has 0 aromatic heterocycles. The van der Waals surface area contributed by atoms with Crippen LogP contribution in [-0.2, 0) is 0 Å². The fourth-order valence-electron chi connectivity index (χ4n) is 1.27. The van der Waals surface area contributed by atoms with Gasteiger partial charge in [-0.05, 0) is 6.07 Å². The van der Waals surface area contributed by atoms with Gasteiger partial charge in [-0.1, -0.05) is 18.2 Å². The summed E-state index contributed by atoms with van der Waals surface area (Å²) in [5, 5.41) is 27.6. The topological polar surface area (TPSA) is 86.7 Å². The van der Waals surface area contributed by atoms with Crippen molar-refractivity contribution in [2.45, 2.75) is 12.2 Å². The number of hydrogen-bond acceptors (Lipinski definition) is 5. The highest BCUT2D eigenvalue weighted by Crippen LogP contribution is 2.23. The maximum Gasteiger partial charge on any atom is 0.0900 e. The maximum atomic E-state index is 9.84. The summed E-state index contributed by atoms with van der Waals surface area (Å²) in [6, 6.07) is 7.16. The van der Waals surface area contributed by atoms with Crippen molar-refractivity contribution in [3.63, 3.8) is 0 Å². The lowest BCUT2D eigenvalue weighted by atomic mass is 10.1. The molecule has 16 heavy (non-hydrogen) atoms. The number of anilines is 1. The molecule has 0 aliphatic carbocycles. The Morgan fingerprint density at radius 2 is 1.88 bits per heavy atom. The van der Waals surface area contributed by atoms with E-state index in [1.54, 1.807) is 12.1 Å². The van der Waals surface area contributed by atoms with Gasteiger partial charge < -0.3 is 21.1 Å². The fourth-order valence-corrected chi connectivity index (χ4v) is 2.19. The molecule has 0 saturated carbocycles. The molecule has 1 aromatic carbocycles. The molecular formula is C11H17NO3S. The highest BCUT2D eigenvalue weighted by atomic mass is 32.2. The standard InChI is InChI=1S/C11H17NO3S/c12-10-4-2-1-3-9(10)11(15)7-16-6-8(14)5-13/h1-4,8,11,13-15H,5-7,12H2. The Labute approximate surface area is 99.1 Å². The molecular weight excluding hydrogens is 226 g/mol. The van der Waals surface area contributed by atoms with Crippen LogP contribution < -0.4 is 5.73 Å². The average Bonchev–Trinajstić information content (AvgIpc) is 2.29. The Morgan fingerprint density at radius 3 is 2.50 bits per heavy atom. The molecule has 5 heteroatoms. The summed E-state index contributed by atoms with van der Waals surface area (Å²) in [4.78, 5) is 0. The SMILES string of the molecule is Nc1ccccc1C(O)CSCC(O)CO. The molecule has 5 N–H and O–H groups in total. The van der Waals surface area contributed by atoms with Crippen molar-refractivity contribution in [1.29, 1.82) is 0 Å². The third-order valence-electron chi connectivity index (χ3n) is 2.15. The number of rotatable bonds is 6. The number of benzene rings is 1. The second-order valence-corrected chi connectivity index (χ2v) is 4.59. The third-order valence-corrected chi connectivity index (χ3v) is 3.32. The summed E-state index contributed by atoms with van der Waals surface area (Å²) < 4.78 is 0. The molecule has 0 spiro atoms. The fraction of sp³-hybridized carbons (Fsp3) is 0.455. The molecule has 0 aliphatic rings. The lowest BCUT2D eigenvalue weighted by Crippen LogP contribution is -2.16. The highest BCUT2D eigenvalue weighted by molar-refractivity contribution is 7.99. The van der Waals surface area contributed by atoms with E-state index in [0.29, 0.717) is 22.8 Å². The molecule has 2 atom stereocenters. The van der Waals surface area contributed by atoms with Gasteiger partial charge in [0.1, 0.15) is 0 Å². The van der Waals surface area contributed by atoms with E-state index in [2.05, 4.69) is 0 Å². The van der Waals surface area contributed by atoms with Crippen LogP contribution >= 0.6 is 11.8 Å². The van der Waals surface area contributed by atoms with Crippen LogP contribution in [0.5, 0.6) is 0 Å². The van der Waals surface area contributed by atoms with Crippen LogP contribution in [0.25, 0.3) is 0 Å². The van der Waals surface area contributed by atoms with E-state index >= 15 is 0 Å². The summed E-state index contributed by atoms with van der Waals surface area (Å²) in [5.41, 5.74) is 6.99. The minimum atomic E-state index is -0.731. The number of nitrogens with two attached hydrogens (primary N) is 1. The zero-order valence-electron chi connectivity index (χ0n) is 8.91. The van der Waals surface area contributed by atoms with Crippen LogP contribution in [0, 0.1) is 0 Å². The maximum absolute atomic E-state index is 9.84. The molecule has 0 fully saturated rings. The van der Waals surface area contributed by atoms with Gasteiger partial charge in [0.15, 0.2) is 0 Å². The van der Waals surface area contributed by atoms with Crippen LogP contribution in [0.1, 0.15) is 11.7 Å². The lowest BCUT2D eigenvalue weighted by molar-refractivity contribution is 0.113. The molecule has 1 rings (SSSR count). The van der Waals surface area contributed by atoms with E-state index in [-0.39, 0.29) is 6.61 Å². The number of hydrogen-bond donors (Lipinski definition) is 4. The second kappa shape index (κ2) is 6.75. The number of thioether (sulfide) groups is 1. The van der Waals surface area contributed by atoms with E-state index in [0.717, 1.165) is 0 Å². The monoisotopic (exact) mass is 243 g/mol. The summed E-state index contributed by atoms with van der Waals surface area (Å²) in [6.45, 7) is -0.253. The Kier molecular flexibility index (Phi) is 5.62. The molecule has 0 saturated heterocycles. The molecule has 0 aliphatic heterocycles. The van der Waals surface area contributed by atoms with Gasteiger partial charge in [-0.15, -0.1) is 0 Å². The highest BCUT2D eigenvalue weighted by Gasteiger charge is 2.11. The van der Waals surface area contributed by atoms with E-state index < -0.39 is 12.2 Å². The predicted octanol–water partition coefficient (Wildman–Crippen LogP) is 0.389. The van der Waals surface area contributed by atoms with Gasteiger partial charge in [0.2, 0.25) is 0 Å². The first kappa shape index (κ1) is 13.3. The van der Waals surface area contributed by atoms with Crippen molar-refractivity contribution >= 4 is 17.4 Å². The number of nitrogen functional groups attached to an aromatic ring is 1. The molecule has 90 valence electrons. The average molecular weight is 243 g/mol. The van der Waals surface area contributed by atoms with Gasteiger partial charge in [-0.3, -0.25) is 0 Å². The third kappa shape index (κ3) is 4.02. The van der Waals surface area contributed by atoms with Gasteiger partial charge in [0.25, 0.3) is 0 Å². The second-order valence-electron chi connectivity index (χ2n) is 3.52. The first-order valence-corrected chi connectivity index (χ1v) is 6.19. The first-order chi connectivity index (χ1) is 7.65. The van der Waals surface area contributed by atoms with Crippen LogP contribution in [0.3, 0.4) is 0 Å². The first-order valence-electron chi connectivity index (χ1n) is 5.04. The molecule has 4 nitrogen and oxygen atoms in total. The summed E-state index contributed by atoms with van der Waals surface area (Å²) in [7, 11) is 0. The Morgan fingerprint density at radius 1 is 1.19 bits per heavy atom. The minimum Gasteiger partial charge on any atom is -0.398 e. The van der Waals surface area contributed by atoms with Crippen molar-refractivity contribution in [2.75, 3.05) is 23.8 Å². The summed E-state index contributed by atoms with van der Waals surface area (Å²) >= 11 is 1.38. The van der Waals surface area contributed by atoms with Gasteiger partial charge in [0, 0.05) is 22.8 Å². The van der Waals surface area contributed by atoms with Crippen molar-refractivity contribution in [1.82, 2.24) is 0 Å². The molecule has 2 unspecified atom stereocenters. The van der Waals surface area contributed by atoms with Gasteiger partial charge in [0.05, 0.1) is 18.8 Å². The normalized spacial score (nSPS) is 14.7. The zero-order valence-corrected chi connectivity index (χ0v) is 9.73. The van der Waals surface area contributed by atoms with Crippen LogP contribution in [0.4, 0.5) is 5.69 Å². The molecule has 0 heterocycles. The van der Waals surface area contributed by atoms with Gasteiger partial charge >= 0.3 is 0 Å². The van der Waals surface area contributed by atoms with Crippen LogP contribution in [0.15, 0.2) is 24.3 Å². The Balaban J connectivity index is 2.41. The summed E-state index contributed by atoms with van der Waals surface area (Å²) in [5.74, 6) is 0.853. The van der Waals surface area contributed by atoms with Crippen LogP contribution in [0.2, 0.25) is 0 Å². The zero-order chi connectivity index (χ0) is 12.0. The molecule has 1 aromatic rings. The lowest BCUT2D eigenvalue weighted by Gasteiger charge is -2.13. The molecule has 0 radical (unpaired) electrons. The number of aliphatic hydroxyl groups is 3. The summed E-state index contributed by atoms with van der Waals surface area (Å²) in [6.07, 6.45) is -1.37. The molecule has 0 amide bonds. The van der Waals surface area contributed by atoms with E-state index in [1.807, 2.05) is 12.1 Å². The Bertz CT molecular complexity index is 322. The van der Waals surface area contributed by atoms with Crippen LogP contribution in [-0.4, -0.2) is 39.5 Å². The molecule has 0 bridgehead atoms. The number of aliphatic hydroxyl groups excluding tert-OH is 3. The van der Waals surface area contributed by atoms with Crippen molar-refractivity contribution in [2.24, 2.45) is 0 Å². The Hall–Kier alpha value is -0.750. The van der Waals surface area contributed by atoms with E-state index in [4.69, 9.17) is 15.9 Å². The van der Waals surface area contributed by atoms with Crippen molar-refractivity contribution < 1.29 is 15.3 Å². The number of para-hydroxylation sites is 1. The predicted molar refractivity (Wildman–Crippen MR) is 66.2 cm³/mol. The van der Waals surface area contributed by atoms with Gasteiger partial charge in [-0.2, -0.15) is 11.8 Å². The largest absolute Gasteiger partial charge is 0.398 e. The van der Waals surface area contributed by atoms with Crippen molar-refractivity contribution in [3.8, 4) is 0 Å². The van der Waals surface area contributed by atoms with Crippen molar-refractivity contribution in [3.05, 3.63) is 29.8 Å². The minimum absolute atomic E-state index is 0.253. The van der Waals surface area contributed by atoms with E-state index in [9.17, 15) is 5.11 Å². The van der Waals surface area contributed by atoms with E-state index in [1.165, 1.54) is 11.8 Å². The quantitative estimate of drug-likeness (QED) is 0.543. The van der Waals surface area contributed by atoms with Gasteiger partial charge in [-0.25, -0.2) is 0 Å². The smallest absolute Gasteiger partial charge is 0.0900 e.